The predicted octanol–water partition coefficient (Wildman–Crippen LogP) is 1.73. The van der Waals surface area contributed by atoms with Crippen LogP contribution in [0.15, 0.2) is 0 Å². The van der Waals surface area contributed by atoms with Gasteiger partial charge in [-0.3, -0.25) is 10.1 Å². The lowest BCUT2D eigenvalue weighted by Crippen LogP contribution is -2.41. The Labute approximate surface area is 92.2 Å². The van der Waals surface area contributed by atoms with E-state index in [1.807, 2.05) is 6.92 Å². The number of hydrogen-bond acceptors (Lipinski definition) is 2. The molecule has 1 N–H and O–H groups in total. The first-order valence-corrected chi connectivity index (χ1v) is 6.29. The molecule has 2 fully saturated rings. The van der Waals surface area contributed by atoms with Crippen LogP contribution in [0, 0.1) is 5.92 Å². The maximum Gasteiger partial charge on any atom is 0.240 e. The van der Waals surface area contributed by atoms with Crippen molar-refractivity contribution >= 4 is 5.91 Å². The summed E-state index contributed by atoms with van der Waals surface area (Å²) >= 11 is 0. The third-order valence-electron chi connectivity index (χ3n) is 3.71. The minimum absolute atomic E-state index is 0.0293. The maximum absolute atomic E-state index is 11.9. The average Bonchev–Trinajstić information content (AvgIpc) is 2.38. The monoisotopic (exact) mass is 210 g/mol. The molecule has 1 saturated carbocycles. The van der Waals surface area contributed by atoms with Crippen molar-refractivity contribution in [1.82, 2.24) is 10.2 Å². The fourth-order valence-electron chi connectivity index (χ4n) is 2.54. The zero-order valence-corrected chi connectivity index (χ0v) is 9.83. The molecule has 3 heteroatoms. The first-order valence-electron chi connectivity index (χ1n) is 6.29. The van der Waals surface area contributed by atoms with Crippen LogP contribution >= 0.6 is 0 Å². The molecular formula is C12H22N2O. The van der Waals surface area contributed by atoms with E-state index in [-0.39, 0.29) is 6.04 Å². The van der Waals surface area contributed by atoms with Crippen LogP contribution in [-0.4, -0.2) is 29.6 Å². The van der Waals surface area contributed by atoms with Gasteiger partial charge >= 0.3 is 0 Å². The Kier molecular flexibility index (Phi) is 3.29. The molecule has 1 aliphatic carbocycles. The Morgan fingerprint density at radius 2 is 2.20 bits per heavy atom. The zero-order chi connectivity index (χ0) is 10.8. The molecule has 0 aromatic heterocycles. The van der Waals surface area contributed by atoms with Crippen LogP contribution in [0.1, 0.15) is 46.0 Å². The van der Waals surface area contributed by atoms with E-state index in [9.17, 15) is 4.79 Å². The first-order chi connectivity index (χ1) is 7.22. The van der Waals surface area contributed by atoms with Gasteiger partial charge in [-0.25, -0.2) is 0 Å². The second kappa shape index (κ2) is 4.52. The smallest absolute Gasteiger partial charge is 0.240 e. The summed E-state index contributed by atoms with van der Waals surface area (Å²) in [6.45, 7) is 5.14. The molecule has 1 saturated heterocycles. The molecule has 0 spiro atoms. The van der Waals surface area contributed by atoms with Crippen LogP contribution in [0.2, 0.25) is 0 Å². The topological polar surface area (TPSA) is 32.3 Å². The van der Waals surface area contributed by atoms with E-state index < -0.39 is 0 Å². The van der Waals surface area contributed by atoms with Gasteiger partial charge < -0.3 is 4.90 Å². The standard InChI is InChI=1S/C12H22N2O/c1-3-5-11-13-9(2)12(15)14(11)8-10-6-4-7-10/h9-11,13H,3-8H2,1-2H3. The summed E-state index contributed by atoms with van der Waals surface area (Å²) in [5.41, 5.74) is 0. The molecule has 0 aromatic rings. The van der Waals surface area contributed by atoms with Crippen LogP contribution in [-0.2, 0) is 4.79 Å². The molecule has 2 rings (SSSR count). The van der Waals surface area contributed by atoms with Gasteiger partial charge in [0, 0.05) is 6.54 Å². The number of nitrogens with zero attached hydrogens (tertiary/aromatic N) is 1. The van der Waals surface area contributed by atoms with Crippen molar-refractivity contribution < 1.29 is 4.79 Å². The van der Waals surface area contributed by atoms with Gasteiger partial charge in [0.2, 0.25) is 5.91 Å². The van der Waals surface area contributed by atoms with Gasteiger partial charge in [-0.2, -0.15) is 0 Å². The van der Waals surface area contributed by atoms with Crippen molar-refractivity contribution in [2.45, 2.75) is 58.2 Å². The summed E-state index contributed by atoms with van der Waals surface area (Å²) < 4.78 is 0. The predicted molar refractivity (Wildman–Crippen MR) is 60.3 cm³/mol. The molecule has 1 heterocycles. The summed E-state index contributed by atoms with van der Waals surface area (Å²) in [5, 5.41) is 3.38. The summed E-state index contributed by atoms with van der Waals surface area (Å²) in [7, 11) is 0. The molecule has 86 valence electrons. The highest BCUT2D eigenvalue weighted by Gasteiger charge is 2.37. The van der Waals surface area contributed by atoms with E-state index in [4.69, 9.17) is 0 Å². The van der Waals surface area contributed by atoms with E-state index >= 15 is 0 Å². The second-order valence-electron chi connectivity index (χ2n) is 4.98. The van der Waals surface area contributed by atoms with Gasteiger partial charge in [0.05, 0.1) is 12.2 Å². The van der Waals surface area contributed by atoms with E-state index in [1.54, 1.807) is 0 Å². The molecule has 15 heavy (non-hydrogen) atoms. The van der Waals surface area contributed by atoms with E-state index in [1.165, 1.54) is 19.3 Å². The molecule has 3 nitrogen and oxygen atoms in total. The van der Waals surface area contributed by atoms with Crippen molar-refractivity contribution in [2.75, 3.05) is 6.54 Å². The Bertz CT molecular complexity index is 238. The lowest BCUT2D eigenvalue weighted by atomic mass is 9.85. The minimum Gasteiger partial charge on any atom is -0.326 e. The highest BCUT2D eigenvalue weighted by Crippen LogP contribution is 2.29. The molecule has 2 aliphatic rings. The molecule has 0 radical (unpaired) electrons. The number of carbonyl (C=O) groups is 1. The van der Waals surface area contributed by atoms with E-state index in [0.717, 1.165) is 25.3 Å². The maximum atomic E-state index is 11.9. The minimum atomic E-state index is 0.0293. The van der Waals surface area contributed by atoms with Crippen LogP contribution < -0.4 is 5.32 Å². The van der Waals surface area contributed by atoms with Crippen LogP contribution in [0.5, 0.6) is 0 Å². The molecule has 2 atom stereocenters. The fraction of sp³-hybridized carbons (Fsp3) is 0.917. The number of nitrogens with one attached hydrogen (secondary N) is 1. The van der Waals surface area contributed by atoms with Gasteiger partial charge in [-0.05, 0) is 32.1 Å². The molecule has 0 bridgehead atoms. The highest BCUT2D eigenvalue weighted by molar-refractivity contribution is 5.83. The van der Waals surface area contributed by atoms with Crippen molar-refractivity contribution in [2.24, 2.45) is 5.92 Å². The average molecular weight is 210 g/mol. The van der Waals surface area contributed by atoms with E-state index in [2.05, 4.69) is 17.1 Å². The van der Waals surface area contributed by atoms with Gasteiger partial charge in [0.25, 0.3) is 0 Å². The summed E-state index contributed by atoms with van der Waals surface area (Å²) in [6.07, 6.45) is 6.52. The lowest BCUT2D eigenvalue weighted by Gasteiger charge is -2.33. The summed E-state index contributed by atoms with van der Waals surface area (Å²) in [5.74, 6) is 1.08. The van der Waals surface area contributed by atoms with E-state index in [0.29, 0.717) is 12.1 Å². The largest absolute Gasteiger partial charge is 0.326 e. The van der Waals surface area contributed by atoms with Crippen molar-refractivity contribution in [3.63, 3.8) is 0 Å². The summed E-state index contributed by atoms with van der Waals surface area (Å²) in [4.78, 5) is 14.0. The van der Waals surface area contributed by atoms with Gasteiger partial charge in [0.15, 0.2) is 0 Å². The van der Waals surface area contributed by atoms with Crippen molar-refractivity contribution in [1.29, 1.82) is 0 Å². The van der Waals surface area contributed by atoms with Gasteiger partial charge in [-0.15, -0.1) is 0 Å². The number of carbonyl (C=O) groups excluding carboxylic acids is 1. The Morgan fingerprint density at radius 3 is 2.73 bits per heavy atom. The highest BCUT2D eigenvalue weighted by atomic mass is 16.2. The zero-order valence-electron chi connectivity index (χ0n) is 9.83. The molecule has 1 aliphatic heterocycles. The van der Waals surface area contributed by atoms with Crippen molar-refractivity contribution in [3.8, 4) is 0 Å². The Balaban J connectivity index is 1.94. The van der Waals surface area contributed by atoms with Crippen LogP contribution in [0.25, 0.3) is 0 Å². The molecule has 2 unspecified atom stereocenters. The molecular weight excluding hydrogens is 188 g/mol. The Hall–Kier alpha value is -0.570. The number of amides is 1. The molecule has 0 aromatic carbocycles. The van der Waals surface area contributed by atoms with Gasteiger partial charge in [-0.1, -0.05) is 19.8 Å². The third-order valence-corrected chi connectivity index (χ3v) is 3.71. The number of hydrogen-bond donors (Lipinski definition) is 1. The SMILES string of the molecule is CCCC1NC(C)C(=O)N1CC1CCC1. The molecule has 1 amide bonds. The third kappa shape index (κ3) is 2.17. The fourth-order valence-corrected chi connectivity index (χ4v) is 2.54. The van der Waals surface area contributed by atoms with Gasteiger partial charge in [0.1, 0.15) is 0 Å². The Morgan fingerprint density at radius 1 is 1.47 bits per heavy atom. The number of rotatable bonds is 4. The van der Waals surface area contributed by atoms with Crippen molar-refractivity contribution in [3.05, 3.63) is 0 Å². The normalized spacial score (nSPS) is 32.1. The first kappa shape index (κ1) is 10.9. The lowest BCUT2D eigenvalue weighted by molar-refractivity contribution is -0.130. The summed E-state index contributed by atoms with van der Waals surface area (Å²) in [6, 6.07) is 0.0293. The van der Waals surface area contributed by atoms with Crippen LogP contribution in [0.4, 0.5) is 0 Å². The second-order valence-corrected chi connectivity index (χ2v) is 4.98. The van der Waals surface area contributed by atoms with Crippen LogP contribution in [0.3, 0.4) is 0 Å². The quantitative estimate of drug-likeness (QED) is 0.766.